The number of para-hydroxylation sites is 4. The minimum absolute atomic E-state index is 0.130. The highest BCUT2D eigenvalue weighted by Gasteiger charge is 2.39. The molecule has 0 spiro atoms. The van der Waals surface area contributed by atoms with Crippen molar-refractivity contribution < 1.29 is 13.7 Å². The number of hydrogen-bond acceptors (Lipinski definition) is 3. The minimum atomic E-state index is 0.130. The van der Waals surface area contributed by atoms with Crippen LogP contribution >= 0.6 is 0 Å². The van der Waals surface area contributed by atoms with Gasteiger partial charge in [0.25, 0.3) is 0 Å². The summed E-state index contributed by atoms with van der Waals surface area (Å²) in [5, 5.41) is 7.87. The molecular formula is C42H39N6+3. The maximum atomic E-state index is 2.52. The average molecular weight is 628 g/mol. The zero-order chi connectivity index (χ0) is 32.6. The van der Waals surface area contributed by atoms with Crippen molar-refractivity contribution in [3.8, 4) is 0 Å². The second kappa shape index (κ2) is 9.54. The lowest BCUT2D eigenvalue weighted by Gasteiger charge is -2.34. The molecule has 10 rings (SSSR count). The third-order valence-electron chi connectivity index (χ3n) is 11.8. The molecule has 4 aromatic rings. The fraction of sp³-hybridized carbons (Fsp3) is 0.214. The van der Waals surface area contributed by atoms with E-state index < -0.39 is 0 Å². The molecule has 0 amide bonds. The Labute approximate surface area is 280 Å². The summed E-state index contributed by atoms with van der Waals surface area (Å²) in [7, 11) is 13.4. The summed E-state index contributed by atoms with van der Waals surface area (Å²) >= 11 is 0. The van der Waals surface area contributed by atoms with Crippen molar-refractivity contribution >= 4 is 86.3 Å². The number of benzene rings is 4. The van der Waals surface area contributed by atoms with Crippen molar-refractivity contribution in [2.45, 2.75) is 18.1 Å². The van der Waals surface area contributed by atoms with Gasteiger partial charge in [0.05, 0.1) is 0 Å². The number of anilines is 3. The molecule has 0 saturated heterocycles. The van der Waals surface area contributed by atoms with Crippen molar-refractivity contribution in [2.75, 3.05) is 57.0 Å². The van der Waals surface area contributed by atoms with Crippen LogP contribution in [0.15, 0.2) is 85.0 Å². The predicted molar refractivity (Wildman–Crippen MR) is 201 cm³/mol. The first-order valence-corrected chi connectivity index (χ1v) is 16.9. The summed E-state index contributed by atoms with van der Waals surface area (Å²) in [5.74, 6) is 0. The van der Waals surface area contributed by atoms with E-state index in [0.29, 0.717) is 0 Å². The zero-order valence-electron chi connectivity index (χ0n) is 28.3. The lowest BCUT2D eigenvalue weighted by Crippen LogP contribution is -2.59. The number of likely N-dealkylation sites (N-methyl/N-ethyl adjacent to an activating group) is 1. The van der Waals surface area contributed by atoms with Crippen LogP contribution < -0.4 is 35.6 Å². The normalized spacial score (nSPS) is 22.7. The van der Waals surface area contributed by atoms with Gasteiger partial charge in [0.1, 0.15) is 56.3 Å². The number of rotatable bonds is 0. The van der Waals surface area contributed by atoms with E-state index in [-0.39, 0.29) is 18.1 Å². The number of allylic oxidation sites excluding steroid dienone is 2. The quantitative estimate of drug-likeness (QED) is 0.280. The highest BCUT2D eigenvalue weighted by atomic mass is 15.2. The third kappa shape index (κ3) is 3.44. The molecule has 3 atom stereocenters. The summed E-state index contributed by atoms with van der Waals surface area (Å²) in [6, 6.07) is 22.9. The van der Waals surface area contributed by atoms with Gasteiger partial charge in [-0.15, -0.1) is 0 Å². The predicted octanol–water partition coefficient (Wildman–Crippen LogP) is 3.12. The van der Waals surface area contributed by atoms with Crippen LogP contribution in [0.25, 0.3) is 35.1 Å². The van der Waals surface area contributed by atoms with Gasteiger partial charge in [-0.1, -0.05) is 42.5 Å². The third-order valence-corrected chi connectivity index (χ3v) is 11.8. The average Bonchev–Trinajstić information content (AvgIpc) is 3.13. The number of nitrogens with zero attached hydrogens (tertiary/aromatic N) is 6. The van der Waals surface area contributed by atoms with Gasteiger partial charge in [0.2, 0.25) is 34.2 Å². The van der Waals surface area contributed by atoms with E-state index in [1.165, 1.54) is 82.9 Å². The lowest BCUT2D eigenvalue weighted by molar-refractivity contribution is -0.406. The lowest BCUT2D eigenvalue weighted by atomic mass is 9.87. The molecule has 3 unspecified atom stereocenters. The Balaban J connectivity index is 1.37. The summed E-state index contributed by atoms with van der Waals surface area (Å²) in [6.45, 7) is 0. The van der Waals surface area contributed by atoms with Crippen LogP contribution in [0.2, 0.25) is 0 Å². The second-order valence-corrected chi connectivity index (χ2v) is 14.0. The summed E-state index contributed by atoms with van der Waals surface area (Å²) in [6.07, 6.45) is 18.9. The standard InChI is InChI=1S/C42H39N6/c1-43-31-13-7-8-14-32(31)44(2)38-20-26-25(19-37(38)43)27-21-39-41(47(5)34-16-10-9-15-33(34)45(39)3)23-29(27)30-24-42-40(22-28(26)30)46(4)35-17-11-12-18-36(35)48(42)6/h7-24,31,40-41H,1-6H3/q+3. The molecule has 0 saturated carbocycles. The molecule has 6 heteroatoms. The minimum Gasteiger partial charge on any atom is -0.353 e. The van der Waals surface area contributed by atoms with Crippen molar-refractivity contribution in [1.82, 2.24) is 0 Å². The Morgan fingerprint density at radius 3 is 1.71 bits per heavy atom. The van der Waals surface area contributed by atoms with Gasteiger partial charge in [0.15, 0.2) is 0 Å². The highest BCUT2D eigenvalue weighted by Crippen LogP contribution is 2.38. The van der Waals surface area contributed by atoms with Crippen LogP contribution in [-0.2, 0) is 0 Å². The molecule has 3 aliphatic carbocycles. The Bertz CT molecular complexity index is 2620. The van der Waals surface area contributed by atoms with E-state index in [0.717, 1.165) is 0 Å². The van der Waals surface area contributed by atoms with Crippen LogP contribution in [-0.4, -0.2) is 91.3 Å². The van der Waals surface area contributed by atoms with Crippen LogP contribution in [0.1, 0.15) is 0 Å². The Morgan fingerprint density at radius 1 is 0.500 bits per heavy atom. The molecule has 0 radical (unpaired) electrons. The fourth-order valence-electron chi connectivity index (χ4n) is 9.11. The fourth-order valence-corrected chi connectivity index (χ4v) is 9.11. The molecule has 0 bridgehead atoms. The first kappa shape index (κ1) is 27.6. The van der Waals surface area contributed by atoms with Crippen LogP contribution in [0.5, 0.6) is 0 Å². The summed E-state index contributed by atoms with van der Waals surface area (Å²) < 4.78 is 7.19. The maximum Gasteiger partial charge on any atom is 0.229 e. The van der Waals surface area contributed by atoms with Gasteiger partial charge in [-0.3, -0.25) is 0 Å². The van der Waals surface area contributed by atoms with Gasteiger partial charge in [0, 0.05) is 57.6 Å². The molecular weight excluding hydrogens is 589 g/mol. The molecule has 0 fully saturated rings. The molecule has 3 aliphatic heterocycles. The van der Waals surface area contributed by atoms with Crippen LogP contribution in [0, 0.1) is 0 Å². The van der Waals surface area contributed by atoms with E-state index in [1.807, 2.05) is 0 Å². The largest absolute Gasteiger partial charge is 0.353 e. The molecule has 48 heavy (non-hydrogen) atoms. The van der Waals surface area contributed by atoms with Gasteiger partial charge < -0.3 is 14.7 Å². The van der Waals surface area contributed by atoms with E-state index in [9.17, 15) is 0 Å². The Kier molecular flexibility index (Phi) is 5.49. The molecule has 4 aromatic carbocycles. The van der Waals surface area contributed by atoms with Gasteiger partial charge >= 0.3 is 0 Å². The first-order chi connectivity index (χ1) is 23.3. The van der Waals surface area contributed by atoms with Crippen LogP contribution in [0.4, 0.5) is 34.1 Å². The monoisotopic (exact) mass is 627 g/mol. The molecule has 6 nitrogen and oxygen atoms in total. The first-order valence-electron chi connectivity index (χ1n) is 16.9. The van der Waals surface area contributed by atoms with E-state index in [1.54, 1.807) is 0 Å². The molecule has 0 aromatic heterocycles. The van der Waals surface area contributed by atoms with E-state index in [2.05, 4.69) is 180 Å². The van der Waals surface area contributed by atoms with Gasteiger partial charge in [-0.2, -0.15) is 13.7 Å². The number of hydrogen-bond donors (Lipinski definition) is 0. The van der Waals surface area contributed by atoms with Gasteiger partial charge in [-0.25, -0.2) is 0 Å². The van der Waals surface area contributed by atoms with E-state index >= 15 is 0 Å². The zero-order valence-corrected chi connectivity index (χ0v) is 28.3. The topological polar surface area (TPSA) is 18.8 Å². The van der Waals surface area contributed by atoms with E-state index in [4.69, 9.17) is 0 Å². The molecule has 234 valence electrons. The highest BCUT2D eigenvalue weighted by molar-refractivity contribution is 6.21. The smallest absolute Gasteiger partial charge is 0.229 e. The second-order valence-electron chi connectivity index (χ2n) is 14.0. The van der Waals surface area contributed by atoms with Crippen molar-refractivity contribution in [2.24, 2.45) is 0 Å². The van der Waals surface area contributed by atoms with Crippen molar-refractivity contribution in [1.29, 1.82) is 0 Å². The Morgan fingerprint density at radius 2 is 1.04 bits per heavy atom. The molecule has 0 N–H and O–H groups in total. The summed E-state index contributed by atoms with van der Waals surface area (Å²) in [5.41, 5.74) is 11.4. The Hall–Kier alpha value is -5.49. The summed E-state index contributed by atoms with van der Waals surface area (Å²) in [4.78, 5) is 7.32. The SMILES string of the molecule is CN1c2ccccc2[N+](C)=C2C=c3c(c4c(c5cc6c(cc35)N(C)C3C=CC=CC3=[N+]6C)=CC3C(=[N+](C)c5ccccc5N3C)C=4)=CC21. The molecule has 3 heterocycles. The van der Waals surface area contributed by atoms with Gasteiger partial charge in [-0.05, 0) is 62.0 Å². The van der Waals surface area contributed by atoms with Crippen molar-refractivity contribution in [3.63, 3.8) is 0 Å². The molecule has 6 aliphatic rings. The number of fused-ring (bicyclic) bond motifs is 12. The maximum absolute atomic E-state index is 2.52. The van der Waals surface area contributed by atoms with Crippen LogP contribution in [0.3, 0.4) is 0 Å². The van der Waals surface area contributed by atoms with Crippen molar-refractivity contribution in [3.05, 3.63) is 106 Å².